The van der Waals surface area contributed by atoms with Crippen molar-refractivity contribution in [3.63, 3.8) is 0 Å². The van der Waals surface area contributed by atoms with E-state index >= 15 is 0 Å². The second-order valence-electron chi connectivity index (χ2n) is 7.50. The topological polar surface area (TPSA) is 87.7 Å². The zero-order valence-corrected chi connectivity index (χ0v) is 18.2. The minimum absolute atomic E-state index is 0.260. The average Bonchev–Trinajstić information content (AvgIpc) is 3.03. The molecule has 0 spiro atoms. The number of amides is 2. The smallest absolute Gasteiger partial charge is 0.264 e. The lowest BCUT2D eigenvalue weighted by Crippen LogP contribution is -2.31. The number of hydrogen-bond donors (Lipinski definition) is 3. The number of hydrogen-bond acceptors (Lipinski definition) is 4. The van der Waals surface area contributed by atoms with Crippen molar-refractivity contribution in [3.05, 3.63) is 70.4 Å². The number of carbonyl (C=O) groups is 2. The molecule has 0 bridgehead atoms. The maximum atomic E-state index is 12.6. The molecule has 1 heterocycles. The third-order valence-electron chi connectivity index (χ3n) is 5.08. The molecule has 3 rings (SSSR count). The number of aliphatic hydroxyl groups is 1. The molecular weight excluding hydrogens is 416 g/mol. The number of unbranched alkanes of at least 4 members (excludes halogenated alkanes) is 3. The Balaban J connectivity index is 1.58. The second-order valence-corrected chi connectivity index (χ2v) is 7.94. The molecule has 0 saturated heterocycles. The van der Waals surface area contributed by atoms with Gasteiger partial charge in [0.2, 0.25) is 0 Å². The molecule has 1 unspecified atom stereocenters. The van der Waals surface area contributed by atoms with Crippen molar-refractivity contribution < 1.29 is 19.4 Å². The highest BCUT2D eigenvalue weighted by Crippen LogP contribution is 2.22. The summed E-state index contributed by atoms with van der Waals surface area (Å²) >= 11 is 5.89. The summed E-state index contributed by atoms with van der Waals surface area (Å²) in [5, 5.41) is 16.4. The summed E-state index contributed by atoms with van der Waals surface area (Å²) in [6.45, 7) is 2.82. The summed E-state index contributed by atoms with van der Waals surface area (Å²) in [6, 6.07) is 13.4. The molecule has 3 N–H and O–H groups in total. The van der Waals surface area contributed by atoms with Crippen molar-refractivity contribution in [1.29, 1.82) is 0 Å². The van der Waals surface area contributed by atoms with Crippen LogP contribution in [0.15, 0.2) is 59.9 Å². The van der Waals surface area contributed by atoms with Crippen LogP contribution in [0.1, 0.15) is 38.2 Å². The fourth-order valence-electron chi connectivity index (χ4n) is 3.36. The van der Waals surface area contributed by atoms with Gasteiger partial charge in [-0.1, -0.05) is 49.9 Å². The van der Waals surface area contributed by atoms with Gasteiger partial charge in [0.15, 0.2) is 0 Å². The maximum Gasteiger partial charge on any atom is 0.264 e. The van der Waals surface area contributed by atoms with Gasteiger partial charge in [-0.15, -0.1) is 0 Å². The summed E-state index contributed by atoms with van der Waals surface area (Å²) in [7, 11) is 0. The van der Waals surface area contributed by atoms with E-state index in [4.69, 9.17) is 16.3 Å². The van der Waals surface area contributed by atoms with E-state index in [1.165, 1.54) is 12.8 Å². The molecule has 0 fully saturated rings. The normalized spacial score (nSPS) is 15.7. The number of nitrogens with one attached hydrogen (secondary N) is 2. The molecule has 1 atom stereocenters. The standard InChI is InChI=1S/C24H27ClN2O4/c1-2-3-4-5-14-31-19-12-10-18(11-13-19)26-23(29)21-22(28)20(27-24(21)30)15-16-6-8-17(25)9-7-16/h6-13,20,28H,2-5,14-15H2,1H3,(H,26,29)(H,27,30). The highest BCUT2D eigenvalue weighted by Gasteiger charge is 2.36. The van der Waals surface area contributed by atoms with Gasteiger partial charge in [0.25, 0.3) is 11.8 Å². The van der Waals surface area contributed by atoms with E-state index in [0.717, 1.165) is 24.2 Å². The number of ether oxygens (including phenoxy) is 1. The zero-order valence-electron chi connectivity index (χ0n) is 17.5. The Bertz CT molecular complexity index is 939. The molecule has 0 aliphatic carbocycles. The van der Waals surface area contributed by atoms with Crippen LogP contribution in [0.5, 0.6) is 5.75 Å². The molecule has 0 radical (unpaired) electrons. The SMILES string of the molecule is CCCCCCOc1ccc(NC(=O)C2=C(O)C(Cc3ccc(Cl)cc3)NC2=O)cc1. The van der Waals surface area contributed by atoms with Crippen LogP contribution in [0.25, 0.3) is 0 Å². The summed E-state index contributed by atoms with van der Waals surface area (Å²) in [4.78, 5) is 24.9. The maximum absolute atomic E-state index is 12.6. The molecule has 2 aromatic carbocycles. The minimum atomic E-state index is -0.655. The Morgan fingerprint density at radius 1 is 1.10 bits per heavy atom. The van der Waals surface area contributed by atoms with E-state index in [1.807, 2.05) is 12.1 Å². The molecular formula is C24H27ClN2O4. The van der Waals surface area contributed by atoms with E-state index in [-0.39, 0.29) is 11.3 Å². The highest BCUT2D eigenvalue weighted by molar-refractivity contribution is 6.30. The lowest BCUT2D eigenvalue weighted by molar-refractivity contribution is -0.120. The molecule has 164 valence electrons. The first-order valence-corrected chi connectivity index (χ1v) is 10.9. The fourth-order valence-corrected chi connectivity index (χ4v) is 3.49. The average molecular weight is 443 g/mol. The van der Waals surface area contributed by atoms with E-state index in [9.17, 15) is 14.7 Å². The quantitative estimate of drug-likeness (QED) is 0.364. The van der Waals surface area contributed by atoms with Gasteiger partial charge < -0.3 is 20.5 Å². The number of benzene rings is 2. The molecule has 7 heteroatoms. The van der Waals surface area contributed by atoms with Gasteiger partial charge in [0.1, 0.15) is 17.1 Å². The summed E-state index contributed by atoms with van der Waals surface area (Å²) in [6.07, 6.45) is 4.89. The number of carbonyl (C=O) groups excluding carboxylic acids is 2. The van der Waals surface area contributed by atoms with E-state index in [0.29, 0.717) is 23.7 Å². The lowest BCUT2D eigenvalue weighted by atomic mass is 10.0. The largest absolute Gasteiger partial charge is 0.509 e. The third-order valence-corrected chi connectivity index (χ3v) is 5.33. The van der Waals surface area contributed by atoms with Crippen molar-refractivity contribution in [3.8, 4) is 5.75 Å². The number of rotatable bonds is 10. The van der Waals surface area contributed by atoms with E-state index in [1.54, 1.807) is 36.4 Å². The van der Waals surface area contributed by atoms with Crippen molar-refractivity contribution in [2.75, 3.05) is 11.9 Å². The van der Waals surface area contributed by atoms with Gasteiger partial charge >= 0.3 is 0 Å². The first kappa shape index (κ1) is 22.7. The Labute approximate surface area is 187 Å². The van der Waals surface area contributed by atoms with Crippen LogP contribution in [-0.4, -0.2) is 29.6 Å². The first-order chi connectivity index (χ1) is 15.0. The number of aliphatic hydroxyl groups excluding tert-OH is 1. The molecule has 2 amide bonds. The van der Waals surface area contributed by atoms with Crippen molar-refractivity contribution in [2.24, 2.45) is 0 Å². The minimum Gasteiger partial charge on any atom is -0.509 e. The highest BCUT2D eigenvalue weighted by atomic mass is 35.5. The lowest BCUT2D eigenvalue weighted by Gasteiger charge is -2.11. The van der Waals surface area contributed by atoms with Crippen LogP contribution in [0.2, 0.25) is 5.02 Å². The second kappa shape index (κ2) is 10.9. The molecule has 0 aromatic heterocycles. The van der Waals surface area contributed by atoms with Gasteiger partial charge in [-0.25, -0.2) is 0 Å². The fraction of sp³-hybridized carbons (Fsp3) is 0.333. The summed E-state index contributed by atoms with van der Waals surface area (Å²) in [5.74, 6) is -0.787. The van der Waals surface area contributed by atoms with Crippen LogP contribution < -0.4 is 15.4 Å². The van der Waals surface area contributed by atoms with Gasteiger partial charge in [0, 0.05) is 10.7 Å². The van der Waals surface area contributed by atoms with E-state index in [2.05, 4.69) is 17.6 Å². The van der Waals surface area contributed by atoms with Gasteiger partial charge in [-0.3, -0.25) is 9.59 Å². The van der Waals surface area contributed by atoms with Crippen LogP contribution >= 0.6 is 11.6 Å². The predicted molar refractivity (Wildman–Crippen MR) is 121 cm³/mol. The number of halogens is 1. The Hall–Kier alpha value is -2.99. The van der Waals surface area contributed by atoms with Crippen molar-refractivity contribution in [1.82, 2.24) is 5.32 Å². The Morgan fingerprint density at radius 3 is 2.48 bits per heavy atom. The molecule has 1 aliphatic heterocycles. The van der Waals surface area contributed by atoms with Crippen molar-refractivity contribution in [2.45, 2.75) is 45.1 Å². The van der Waals surface area contributed by atoms with Gasteiger partial charge in [0.05, 0.1) is 12.6 Å². The summed E-state index contributed by atoms with van der Waals surface area (Å²) in [5.41, 5.74) is 1.13. The van der Waals surface area contributed by atoms with Crippen LogP contribution in [0, 0.1) is 0 Å². The zero-order chi connectivity index (χ0) is 22.2. The van der Waals surface area contributed by atoms with Gasteiger partial charge in [-0.2, -0.15) is 0 Å². The molecule has 6 nitrogen and oxygen atoms in total. The molecule has 0 saturated carbocycles. The van der Waals surface area contributed by atoms with Crippen LogP contribution in [-0.2, 0) is 16.0 Å². The Morgan fingerprint density at radius 2 is 1.81 bits per heavy atom. The molecule has 31 heavy (non-hydrogen) atoms. The van der Waals surface area contributed by atoms with Crippen LogP contribution in [0.3, 0.4) is 0 Å². The monoisotopic (exact) mass is 442 g/mol. The number of anilines is 1. The summed E-state index contributed by atoms with van der Waals surface area (Å²) < 4.78 is 5.69. The third kappa shape index (κ3) is 6.25. The predicted octanol–water partition coefficient (Wildman–Crippen LogP) is 4.79. The van der Waals surface area contributed by atoms with Gasteiger partial charge in [-0.05, 0) is 54.8 Å². The first-order valence-electron chi connectivity index (χ1n) is 10.5. The van der Waals surface area contributed by atoms with E-state index < -0.39 is 17.9 Å². The Kier molecular flexibility index (Phi) is 7.95. The van der Waals surface area contributed by atoms with Crippen LogP contribution in [0.4, 0.5) is 5.69 Å². The molecule has 1 aliphatic rings. The van der Waals surface area contributed by atoms with Crippen molar-refractivity contribution >= 4 is 29.1 Å². The molecule has 2 aromatic rings.